The Morgan fingerprint density at radius 2 is 2.10 bits per heavy atom. The highest BCUT2D eigenvalue weighted by molar-refractivity contribution is 6.35. The van der Waals surface area contributed by atoms with Gasteiger partial charge < -0.3 is 16.1 Å². The summed E-state index contributed by atoms with van der Waals surface area (Å²) in [4.78, 5) is 4.51. The minimum absolute atomic E-state index is 0.0141. The van der Waals surface area contributed by atoms with E-state index < -0.39 is 0 Å². The number of allylic oxidation sites excluding steroid dienone is 1. The molecule has 2 aliphatic rings. The van der Waals surface area contributed by atoms with Crippen molar-refractivity contribution in [3.8, 4) is 6.07 Å². The third kappa shape index (κ3) is 5.64. The molecule has 3 aromatic rings. The van der Waals surface area contributed by atoms with Crippen LogP contribution in [0.1, 0.15) is 57.4 Å². The molecule has 5 rings (SSSR count). The molecule has 1 atom stereocenters. The van der Waals surface area contributed by atoms with Gasteiger partial charge in [-0.25, -0.2) is 0 Å². The van der Waals surface area contributed by atoms with Crippen LogP contribution in [0.4, 0.5) is 11.4 Å². The van der Waals surface area contributed by atoms with Crippen LogP contribution >= 0.6 is 11.6 Å². The van der Waals surface area contributed by atoms with Crippen LogP contribution in [0.25, 0.3) is 22.6 Å². The quantitative estimate of drug-likeness (QED) is 0.261. The Labute approximate surface area is 240 Å². The summed E-state index contributed by atoms with van der Waals surface area (Å²) in [5.41, 5.74) is 12.9. The first-order chi connectivity index (χ1) is 19.1. The number of hydrogen-bond acceptors (Lipinski definition) is 8. The van der Waals surface area contributed by atoms with Crippen molar-refractivity contribution >= 4 is 45.5 Å². The molecule has 2 aromatic heterocycles. The lowest BCUT2D eigenvalue weighted by Crippen LogP contribution is -2.40. The van der Waals surface area contributed by atoms with E-state index in [1.54, 1.807) is 6.20 Å². The zero-order valence-corrected chi connectivity index (χ0v) is 24.4. The SMILES string of the molecule is C=C(c1cnn(C)c1/C=C\C)[C@H](Nc1cc(Cl)c2ncc(C#N)c(NCC(C)(C)C)c2c1)C1=CN(C2CC2)NN1. The fraction of sp³-hybridized carbons (Fsp3) is 0.367. The van der Waals surface area contributed by atoms with E-state index in [9.17, 15) is 5.26 Å². The van der Waals surface area contributed by atoms with E-state index >= 15 is 0 Å². The van der Waals surface area contributed by atoms with Crippen LogP contribution in [0.2, 0.25) is 5.02 Å². The molecule has 1 fully saturated rings. The maximum absolute atomic E-state index is 9.85. The topological polar surface area (TPSA) is 106 Å². The molecule has 40 heavy (non-hydrogen) atoms. The van der Waals surface area contributed by atoms with Crippen molar-refractivity contribution in [3.05, 3.63) is 70.9 Å². The van der Waals surface area contributed by atoms with E-state index in [2.05, 4.69) is 76.3 Å². The molecule has 4 N–H and O–H groups in total. The van der Waals surface area contributed by atoms with Crippen molar-refractivity contribution in [1.29, 1.82) is 5.26 Å². The number of hydrogen-bond donors (Lipinski definition) is 4. The fourth-order valence-corrected chi connectivity index (χ4v) is 5.00. The van der Waals surface area contributed by atoms with Gasteiger partial charge in [-0.15, -0.1) is 5.53 Å². The number of pyridine rings is 1. The Hall–Kier alpha value is -4.00. The van der Waals surface area contributed by atoms with E-state index in [-0.39, 0.29) is 11.5 Å². The van der Waals surface area contributed by atoms with E-state index in [0.29, 0.717) is 28.7 Å². The average Bonchev–Trinajstić information content (AvgIpc) is 3.54. The Morgan fingerprint density at radius 3 is 2.77 bits per heavy atom. The summed E-state index contributed by atoms with van der Waals surface area (Å²) in [6, 6.07) is 6.31. The van der Waals surface area contributed by atoms with Crippen molar-refractivity contribution in [2.45, 2.75) is 52.6 Å². The zero-order valence-electron chi connectivity index (χ0n) is 23.6. The molecule has 1 aliphatic carbocycles. The van der Waals surface area contributed by atoms with Crippen molar-refractivity contribution in [2.75, 3.05) is 17.2 Å². The number of fused-ring (bicyclic) bond motifs is 1. The van der Waals surface area contributed by atoms with E-state index in [1.165, 1.54) is 0 Å². The molecule has 0 bridgehead atoms. The van der Waals surface area contributed by atoms with Crippen LogP contribution in [0, 0.1) is 16.7 Å². The van der Waals surface area contributed by atoms with Crippen molar-refractivity contribution in [2.24, 2.45) is 12.5 Å². The normalized spacial score (nSPS) is 16.1. The lowest BCUT2D eigenvalue weighted by molar-refractivity contribution is 0.261. The second-order valence-corrected chi connectivity index (χ2v) is 12.0. The van der Waals surface area contributed by atoms with Gasteiger partial charge in [-0.2, -0.15) is 10.4 Å². The minimum atomic E-state index is -0.323. The first kappa shape index (κ1) is 27.6. The van der Waals surface area contributed by atoms with Gasteiger partial charge in [0, 0.05) is 48.7 Å². The van der Waals surface area contributed by atoms with Crippen LogP contribution in [0.3, 0.4) is 0 Å². The number of aromatic nitrogens is 3. The van der Waals surface area contributed by atoms with Gasteiger partial charge in [-0.1, -0.05) is 45.0 Å². The molecule has 1 aliphatic heterocycles. The van der Waals surface area contributed by atoms with Crippen LogP contribution in [0.5, 0.6) is 0 Å². The predicted molar refractivity (Wildman–Crippen MR) is 163 cm³/mol. The Bertz CT molecular complexity index is 1550. The van der Waals surface area contributed by atoms with Gasteiger partial charge in [-0.05, 0) is 49.0 Å². The molecule has 1 saturated carbocycles. The summed E-state index contributed by atoms with van der Waals surface area (Å²) in [5, 5.41) is 24.9. The van der Waals surface area contributed by atoms with Crippen LogP contribution in [-0.2, 0) is 7.05 Å². The second-order valence-electron chi connectivity index (χ2n) is 11.6. The molecule has 10 heteroatoms. The van der Waals surface area contributed by atoms with E-state index in [1.807, 2.05) is 49.1 Å². The minimum Gasteiger partial charge on any atom is -0.383 e. The van der Waals surface area contributed by atoms with Crippen molar-refractivity contribution in [1.82, 2.24) is 30.7 Å². The molecule has 3 heterocycles. The summed E-state index contributed by atoms with van der Waals surface area (Å²) in [5.74, 6) is 0. The highest BCUT2D eigenvalue weighted by Crippen LogP contribution is 2.36. The third-order valence-electron chi connectivity index (χ3n) is 7.01. The van der Waals surface area contributed by atoms with Gasteiger partial charge in [0.25, 0.3) is 0 Å². The zero-order chi connectivity index (χ0) is 28.6. The molecule has 9 nitrogen and oxygen atoms in total. The summed E-state index contributed by atoms with van der Waals surface area (Å²) < 4.78 is 1.85. The first-order valence-corrected chi connectivity index (χ1v) is 13.9. The number of aryl methyl sites for hydroxylation is 1. The predicted octanol–water partition coefficient (Wildman–Crippen LogP) is 5.81. The Balaban J connectivity index is 1.57. The van der Waals surface area contributed by atoms with E-state index in [0.717, 1.165) is 52.1 Å². The van der Waals surface area contributed by atoms with Gasteiger partial charge in [0.2, 0.25) is 0 Å². The summed E-state index contributed by atoms with van der Waals surface area (Å²) in [6.45, 7) is 13.6. The summed E-state index contributed by atoms with van der Waals surface area (Å²) in [7, 11) is 1.92. The third-order valence-corrected chi connectivity index (χ3v) is 7.30. The molecule has 0 unspecified atom stereocenters. The molecule has 0 amide bonds. The average molecular weight is 558 g/mol. The summed E-state index contributed by atoms with van der Waals surface area (Å²) in [6.07, 6.45) is 11.9. The number of rotatable bonds is 9. The van der Waals surface area contributed by atoms with Crippen LogP contribution in [-0.4, -0.2) is 38.4 Å². The highest BCUT2D eigenvalue weighted by Gasteiger charge is 2.33. The lowest BCUT2D eigenvalue weighted by atomic mass is 9.96. The Morgan fingerprint density at radius 1 is 1.32 bits per heavy atom. The number of nitrogens with one attached hydrogen (secondary N) is 4. The number of nitriles is 1. The molecule has 0 saturated heterocycles. The molecule has 1 aromatic carbocycles. The molecule has 208 valence electrons. The fourth-order valence-electron chi connectivity index (χ4n) is 4.74. The molecule has 0 radical (unpaired) electrons. The van der Waals surface area contributed by atoms with Gasteiger partial charge >= 0.3 is 0 Å². The van der Waals surface area contributed by atoms with Crippen molar-refractivity contribution < 1.29 is 0 Å². The maximum Gasteiger partial charge on any atom is 0.103 e. The first-order valence-electron chi connectivity index (χ1n) is 13.5. The lowest BCUT2D eigenvalue weighted by Gasteiger charge is -2.24. The van der Waals surface area contributed by atoms with Gasteiger partial charge in [0.1, 0.15) is 6.07 Å². The van der Waals surface area contributed by atoms with Crippen LogP contribution < -0.4 is 21.6 Å². The standard InChI is InChI=1S/C30H36ClN9/c1-7-8-26-23(15-35-39(26)6)18(2)27(25-16-40(38-37-25)21-9-10-21)36-20-11-22-28(34-17-30(3,4)5)19(13-32)14-33-29(22)24(31)12-20/h7-8,11-12,14-16,21,27,36-38H,2,9-10,17H2,1,3-6H3,(H,33,34)/b8-7-/t27-/m0/s1. The van der Waals surface area contributed by atoms with Crippen LogP contribution in [0.15, 0.2) is 49.1 Å². The number of nitrogens with zero attached hydrogens (tertiary/aromatic N) is 5. The number of hydrazine groups is 2. The van der Waals surface area contributed by atoms with Gasteiger partial charge in [0.15, 0.2) is 0 Å². The molecular formula is C30H36ClN9. The molecular weight excluding hydrogens is 522 g/mol. The number of halogens is 1. The number of anilines is 2. The Kier molecular flexibility index (Phi) is 7.49. The summed E-state index contributed by atoms with van der Waals surface area (Å²) >= 11 is 6.79. The second kappa shape index (κ2) is 10.9. The maximum atomic E-state index is 9.85. The van der Waals surface area contributed by atoms with Gasteiger partial charge in [0.05, 0.1) is 45.4 Å². The monoisotopic (exact) mass is 557 g/mol. The highest BCUT2D eigenvalue weighted by atomic mass is 35.5. The largest absolute Gasteiger partial charge is 0.383 e. The van der Waals surface area contributed by atoms with E-state index in [4.69, 9.17) is 11.6 Å². The molecule has 0 spiro atoms. The smallest absolute Gasteiger partial charge is 0.103 e. The van der Waals surface area contributed by atoms with Gasteiger partial charge in [-0.3, -0.25) is 14.7 Å². The number of benzene rings is 1. The van der Waals surface area contributed by atoms with Crippen molar-refractivity contribution in [3.63, 3.8) is 0 Å².